The third-order valence-corrected chi connectivity index (χ3v) is 4.14. The largest absolute Gasteiger partial charge is 0.324 e. The number of halogens is 3. The summed E-state index contributed by atoms with van der Waals surface area (Å²) in [7, 11) is 0. The monoisotopic (exact) mass is 348 g/mol. The van der Waals surface area contributed by atoms with Gasteiger partial charge in [0, 0.05) is 10.9 Å². The van der Waals surface area contributed by atoms with Gasteiger partial charge in [0.1, 0.15) is 5.82 Å². The molecule has 3 nitrogen and oxygen atoms in total. The molecule has 1 amide bonds. The second-order valence-corrected chi connectivity index (χ2v) is 5.95. The van der Waals surface area contributed by atoms with Gasteiger partial charge in [0.05, 0.1) is 10.7 Å². The number of hydrogen-bond acceptors (Lipinski definition) is 2. The van der Waals surface area contributed by atoms with Gasteiger partial charge in [-0.3, -0.25) is 4.79 Å². The van der Waals surface area contributed by atoms with Crippen LogP contribution in [0.3, 0.4) is 0 Å². The highest BCUT2D eigenvalue weighted by Crippen LogP contribution is 2.31. The zero-order chi connectivity index (χ0) is 13.8. The van der Waals surface area contributed by atoms with Crippen molar-refractivity contribution in [2.75, 3.05) is 18.4 Å². The van der Waals surface area contributed by atoms with Crippen molar-refractivity contribution in [1.29, 1.82) is 0 Å². The Hall–Kier alpha value is -0.650. The van der Waals surface area contributed by atoms with Gasteiger partial charge in [0.25, 0.3) is 0 Å². The van der Waals surface area contributed by atoms with Crippen LogP contribution >= 0.6 is 27.5 Å². The molecule has 2 rings (SSSR count). The van der Waals surface area contributed by atoms with Gasteiger partial charge in [-0.15, -0.1) is 0 Å². The number of hydrogen-bond donors (Lipinski definition) is 2. The summed E-state index contributed by atoms with van der Waals surface area (Å²) in [6.45, 7) is 2.01. The second kappa shape index (κ2) is 6.68. The van der Waals surface area contributed by atoms with Crippen LogP contribution in [0.4, 0.5) is 10.1 Å². The lowest BCUT2D eigenvalue weighted by Gasteiger charge is -2.11. The van der Waals surface area contributed by atoms with E-state index in [1.54, 1.807) is 0 Å². The summed E-state index contributed by atoms with van der Waals surface area (Å²) in [5.74, 6) is 0.0332. The maximum atomic E-state index is 13.1. The number of carbonyl (C=O) groups is 1. The molecule has 6 heteroatoms. The van der Waals surface area contributed by atoms with Crippen molar-refractivity contribution < 1.29 is 9.18 Å². The molecule has 1 aromatic rings. The van der Waals surface area contributed by atoms with Gasteiger partial charge >= 0.3 is 0 Å². The molecule has 0 aliphatic carbocycles. The van der Waals surface area contributed by atoms with E-state index in [0.29, 0.717) is 22.5 Å². The van der Waals surface area contributed by atoms with Crippen LogP contribution in [0.25, 0.3) is 0 Å². The number of carbonyl (C=O) groups excluding carboxylic acids is 1. The Morgan fingerprint density at radius 3 is 3.00 bits per heavy atom. The fraction of sp³-hybridized carbons (Fsp3) is 0.462. The summed E-state index contributed by atoms with van der Waals surface area (Å²) < 4.78 is 13.5. The van der Waals surface area contributed by atoms with Gasteiger partial charge in [-0.2, -0.15) is 0 Å². The molecule has 19 heavy (non-hydrogen) atoms. The Morgan fingerprint density at radius 1 is 1.58 bits per heavy atom. The average Bonchev–Trinajstić information content (AvgIpc) is 2.84. The molecule has 1 unspecified atom stereocenters. The lowest BCUT2D eigenvalue weighted by Crippen LogP contribution is -2.15. The first-order chi connectivity index (χ1) is 9.06. The van der Waals surface area contributed by atoms with Crippen LogP contribution in [0.1, 0.15) is 19.3 Å². The van der Waals surface area contributed by atoms with E-state index in [0.717, 1.165) is 25.9 Å². The smallest absolute Gasteiger partial charge is 0.224 e. The van der Waals surface area contributed by atoms with Crippen LogP contribution in [0.2, 0.25) is 5.02 Å². The summed E-state index contributed by atoms with van der Waals surface area (Å²) in [6, 6.07) is 2.46. The number of nitrogens with one attached hydrogen (secondary N) is 2. The Balaban J connectivity index is 1.91. The predicted octanol–water partition coefficient (Wildman–Crippen LogP) is 3.57. The molecular formula is C13H15BrClFN2O. The van der Waals surface area contributed by atoms with Crippen molar-refractivity contribution in [2.24, 2.45) is 5.92 Å². The highest BCUT2D eigenvalue weighted by molar-refractivity contribution is 9.10. The summed E-state index contributed by atoms with van der Waals surface area (Å²) in [4.78, 5) is 11.9. The van der Waals surface area contributed by atoms with Crippen molar-refractivity contribution >= 4 is 39.1 Å². The normalized spacial score (nSPS) is 18.6. The maximum absolute atomic E-state index is 13.1. The first-order valence-corrected chi connectivity index (χ1v) is 7.38. The third kappa shape index (κ3) is 4.16. The first-order valence-electron chi connectivity index (χ1n) is 6.21. The van der Waals surface area contributed by atoms with E-state index >= 15 is 0 Å². The van der Waals surface area contributed by atoms with Crippen molar-refractivity contribution in [3.63, 3.8) is 0 Å². The number of benzene rings is 1. The van der Waals surface area contributed by atoms with Crippen LogP contribution in [-0.2, 0) is 4.79 Å². The first kappa shape index (κ1) is 14.8. The fourth-order valence-electron chi connectivity index (χ4n) is 2.16. The quantitative estimate of drug-likeness (QED) is 0.872. The summed E-state index contributed by atoms with van der Waals surface area (Å²) in [5, 5.41) is 6.19. The van der Waals surface area contributed by atoms with E-state index in [-0.39, 0.29) is 10.9 Å². The molecule has 0 radical (unpaired) electrons. The molecular weight excluding hydrogens is 335 g/mol. The number of amides is 1. The molecule has 0 bridgehead atoms. The lowest BCUT2D eigenvalue weighted by atomic mass is 10.0. The summed E-state index contributed by atoms with van der Waals surface area (Å²) in [5.41, 5.74) is 0.428. The minimum absolute atomic E-state index is 0.0962. The van der Waals surface area contributed by atoms with Crippen molar-refractivity contribution in [3.8, 4) is 0 Å². The van der Waals surface area contributed by atoms with Gasteiger partial charge in [0.15, 0.2) is 0 Å². The van der Waals surface area contributed by atoms with Gasteiger partial charge in [0.2, 0.25) is 5.91 Å². The topological polar surface area (TPSA) is 41.1 Å². The van der Waals surface area contributed by atoms with Crippen LogP contribution in [0.5, 0.6) is 0 Å². The van der Waals surface area contributed by atoms with Crippen molar-refractivity contribution in [2.45, 2.75) is 19.3 Å². The molecule has 2 N–H and O–H groups in total. The highest BCUT2D eigenvalue weighted by atomic mass is 79.9. The molecule has 0 aromatic heterocycles. The number of rotatable bonds is 4. The molecule has 1 aliphatic rings. The van der Waals surface area contributed by atoms with E-state index < -0.39 is 5.82 Å². The second-order valence-electron chi connectivity index (χ2n) is 4.69. The van der Waals surface area contributed by atoms with Crippen LogP contribution in [0.15, 0.2) is 16.6 Å². The standard InChI is InChI=1S/C13H15BrClFN2O/c14-10-5-9(16)6-11(15)13(10)18-12(19)2-1-8-3-4-17-7-8/h5-6,8,17H,1-4,7H2,(H,18,19). The lowest BCUT2D eigenvalue weighted by molar-refractivity contribution is -0.116. The predicted molar refractivity (Wildman–Crippen MR) is 78.0 cm³/mol. The number of anilines is 1. The zero-order valence-electron chi connectivity index (χ0n) is 10.3. The highest BCUT2D eigenvalue weighted by Gasteiger charge is 2.17. The molecule has 1 aromatic carbocycles. The average molecular weight is 350 g/mol. The molecule has 1 heterocycles. The Kier molecular flexibility index (Phi) is 5.19. The molecule has 1 saturated heterocycles. The zero-order valence-corrected chi connectivity index (χ0v) is 12.7. The molecule has 1 aliphatic heterocycles. The molecule has 1 atom stereocenters. The van der Waals surface area contributed by atoms with Crippen LogP contribution in [0, 0.1) is 11.7 Å². The van der Waals surface area contributed by atoms with Gasteiger partial charge in [-0.05, 0) is 59.9 Å². The van der Waals surface area contributed by atoms with E-state index in [2.05, 4.69) is 26.6 Å². The fourth-order valence-corrected chi connectivity index (χ4v) is 3.06. The summed E-state index contributed by atoms with van der Waals surface area (Å²) >= 11 is 9.11. The van der Waals surface area contributed by atoms with Gasteiger partial charge in [-0.1, -0.05) is 11.6 Å². The Labute approximate surface area is 125 Å². The molecule has 104 valence electrons. The van der Waals surface area contributed by atoms with Crippen molar-refractivity contribution in [1.82, 2.24) is 5.32 Å². The van der Waals surface area contributed by atoms with E-state index in [1.807, 2.05) is 0 Å². The maximum Gasteiger partial charge on any atom is 0.224 e. The van der Waals surface area contributed by atoms with E-state index in [9.17, 15) is 9.18 Å². The Bertz CT molecular complexity index is 455. The minimum Gasteiger partial charge on any atom is -0.324 e. The van der Waals surface area contributed by atoms with E-state index in [1.165, 1.54) is 12.1 Å². The SMILES string of the molecule is O=C(CCC1CCNC1)Nc1c(Cl)cc(F)cc1Br. The van der Waals surface area contributed by atoms with E-state index in [4.69, 9.17) is 11.6 Å². The van der Waals surface area contributed by atoms with Crippen LogP contribution < -0.4 is 10.6 Å². The minimum atomic E-state index is -0.438. The Morgan fingerprint density at radius 2 is 2.37 bits per heavy atom. The van der Waals surface area contributed by atoms with Crippen LogP contribution in [-0.4, -0.2) is 19.0 Å². The van der Waals surface area contributed by atoms with Crippen molar-refractivity contribution in [3.05, 3.63) is 27.4 Å². The molecule has 1 fully saturated rings. The summed E-state index contributed by atoms with van der Waals surface area (Å²) in [6.07, 6.45) is 2.43. The third-order valence-electron chi connectivity index (χ3n) is 3.21. The van der Waals surface area contributed by atoms with Gasteiger partial charge < -0.3 is 10.6 Å². The molecule has 0 saturated carbocycles. The molecule has 0 spiro atoms. The van der Waals surface area contributed by atoms with Gasteiger partial charge in [-0.25, -0.2) is 4.39 Å².